The van der Waals surface area contributed by atoms with Crippen molar-refractivity contribution in [3.8, 4) is 0 Å². The molecule has 2 aromatic rings. The highest BCUT2D eigenvalue weighted by Gasteiger charge is 2.23. The van der Waals surface area contributed by atoms with Gasteiger partial charge < -0.3 is 15.2 Å². The van der Waals surface area contributed by atoms with Gasteiger partial charge in [-0.15, -0.1) is 11.3 Å². The fourth-order valence-corrected chi connectivity index (χ4v) is 2.86. The molecule has 0 spiro atoms. The Morgan fingerprint density at radius 2 is 2.09 bits per heavy atom. The van der Waals surface area contributed by atoms with Crippen LogP contribution in [0, 0.1) is 0 Å². The van der Waals surface area contributed by atoms with Gasteiger partial charge in [0.15, 0.2) is 0 Å². The van der Waals surface area contributed by atoms with Crippen LogP contribution in [0.3, 0.4) is 0 Å². The number of nitrogens with one attached hydrogen (secondary N) is 1. The second-order valence-electron chi connectivity index (χ2n) is 4.36. The number of hydrogen-bond donors (Lipinski definition) is 2. The third kappa shape index (κ3) is 4.71. The van der Waals surface area contributed by atoms with E-state index in [1.165, 1.54) is 16.8 Å². The molecule has 0 fully saturated rings. The normalized spacial score (nSPS) is 11.7. The minimum Gasteiger partial charge on any atom is -0.481 e. The molecule has 1 atom stereocenters. The Morgan fingerprint density at radius 3 is 2.68 bits per heavy atom. The molecule has 1 aromatic heterocycles. The van der Waals surface area contributed by atoms with Crippen molar-refractivity contribution in [3.63, 3.8) is 0 Å². The molecule has 0 aliphatic carbocycles. The van der Waals surface area contributed by atoms with Crippen molar-refractivity contribution < 1.29 is 19.4 Å². The first kappa shape index (κ1) is 16.3. The second-order valence-corrected chi connectivity index (χ2v) is 5.61. The van der Waals surface area contributed by atoms with Gasteiger partial charge in [0.05, 0.1) is 22.9 Å². The van der Waals surface area contributed by atoms with E-state index >= 15 is 0 Å². The molecule has 116 valence electrons. The zero-order valence-corrected chi connectivity index (χ0v) is 12.9. The van der Waals surface area contributed by atoms with Crippen molar-refractivity contribution in [2.24, 2.45) is 0 Å². The second kappa shape index (κ2) is 7.77. The smallest absolute Gasteiger partial charge is 0.407 e. The molecule has 22 heavy (non-hydrogen) atoms. The van der Waals surface area contributed by atoms with E-state index in [2.05, 4.69) is 10.3 Å². The molecular weight excluding hydrogens is 328 g/mol. The Bertz CT molecular complexity index is 647. The quantitative estimate of drug-likeness (QED) is 0.842. The van der Waals surface area contributed by atoms with Crippen LogP contribution in [0.5, 0.6) is 0 Å². The van der Waals surface area contributed by atoms with E-state index in [-0.39, 0.29) is 18.2 Å². The summed E-state index contributed by atoms with van der Waals surface area (Å²) in [6, 6.07) is 8.39. The number of rotatable bonds is 6. The van der Waals surface area contributed by atoms with Gasteiger partial charge in [-0.2, -0.15) is 0 Å². The molecule has 0 saturated heterocycles. The lowest BCUT2D eigenvalue weighted by molar-refractivity contribution is -0.137. The minimum absolute atomic E-state index is 0.100. The summed E-state index contributed by atoms with van der Waals surface area (Å²) in [4.78, 5) is 27.1. The highest BCUT2D eigenvalue weighted by atomic mass is 35.5. The van der Waals surface area contributed by atoms with Crippen LogP contribution in [0.15, 0.2) is 35.8 Å². The summed E-state index contributed by atoms with van der Waals surface area (Å²) < 4.78 is 5.08. The fourth-order valence-electron chi connectivity index (χ4n) is 1.76. The molecule has 1 heterocycles. The summed E-state index contributed by atoms with van der Waals surface area (Å²) in [6.07, 6.45) is -1.01. The lowest BCUT2D eigenvalue weighted by Gasteiger charge is -2.15. The maximum atomic E-state index is 11.8. The lowest BCUT2D eigenvalue weighted by Crippen LogP contribution is -2.30. The molecule has 0 aliphatic rings. The Kier molecular flexibility index (Phi) is 5.74. The minimum atomic E-state index is -1.06. The molecule has 2 rings (SSSR count). The molecule has 1 aromatic carbocycles. The number of carbonyl (C=O) groups excluding carboxylic acids is 1. The standard InChI is InChI=1S/C14H13ClN2O4S/c15-13-12(22-8-16-13)10(6-11(18)19)17-14(20)21-7-9-4-2-1-3-5-9/h1-5,8,10H,6-7H2,(H,17,20)(H,18,19)/t10-/m0/s1. The number of halogens is 1. The predicted molar refractivity (Wildman–Crippen MR) is 81.9 cm³/mol. The molecule has 8 heteroatoms. The van der Waals surface area contributed by atoms with E-state index in [1.807, 2.05) is 30.3 Å². The van der Waals surface area contributed by atoms with Crippen LogP contribution in [0.25, 0.3) is 0 Å². The average molecular weight is 341 g/mol. The van der Waals surface area contributed by atoms with Gasteiger partial charge in [-0.25, -0.2) is 9.78 Å². The van der Waals surface area contributed by atoms with Crippen LogP contribution >= 0.6 is 22.9 Å². The number of carboxylic acid groups (broad SMARTS) is 1. The molecular formula is C14H13ClN2O4S. The zero-order valence-electron chi connectivity index (χ0n) is 11.4. The van der Waals surface area contributed by atoms with Crippen LogP contribution in [0.2, 0.25) is 5.15 Å². The number of thiazole rings is 1. The van der Waals surface area contributed by atoms with Crippen LogP contribution in [0.1, 0.15) is 22.9 Å². The maximum absolute atomic E-state index is 11.8. The molecule has 0 unspecified atom stereocenters. The van der Waals surface area contributed by atoms with Crippen molar-refractivity contribution in [1.29, 1.82) is 0 Å². The first-order chi connectivity index (χ1) is 10.6. The van der Waals surface area contributed by atoms with Gasteiger partial charge in [-0.05, 0) is 5.56 Å². The molecule has 6 nitrogen and oxygen atoms in total. The van der Waals surface area contributed by atoms with Gasteiger partial charge >= 0.3 is 12.1 Å². The van der Waals surface area contributed by atoms with Gasteiger partial charge in [0, 0.05) is 0 Å². The summed E-state index contributed by atoms with van der Waals surface area (Å²) in [5.41, 5.74) is 2.33. The van der Waals surface area contributed by atoms with E-state index in [1.54, 1.807) is 0 Å². The van der Waals surface area contributed by atoms with Crippen LogP contribution < -0.4 is 5.32 Å². The average Bonchev–Trinajstić information content (AvgIpc) is 2.91. The Labute approximate surface area is 135 Å². The first-order valence-corrected chi connectivity index (χ1v) is 7.60. The van der Waals surface area contributed by atoms with E-state index in [4.69, 9.17) is 21.4 Å². The number of aromatic nitrogens is 1. The van der Waals surface area contributed by atoms with E-state index in [9.17, 15) is 9.59 Å². The number of ether oxygens (including phenoxy) is 1. The number of hydrogen-bond acceptors (Lipinski definition) is 5. The number of carbonyl (C=O) groups is 2. The van der Waals surface area contributed by atoms with Gasteiger partial charge in [-0.3, -0.25) is 4.79 Å². The van der Waals surface area contributed by atoms with Crippen molar-refractivity contribution in [2.45, 2.75) is 19.1 Å². The van der Waals surface area contributed by atoms with Gasteiger partial charge in [0.1, 0.15) is 11.8 Å². The Morgan fingerprint density at radius 1 is 1.36 bits per heavy atom. The summed E-state index contributed by atoms with van der Waals surface area (Å²) in [5, 5.41) is 11.6. The van der Waals surface area contributed by atoms with E-state index < -0.39 is 18.1 Å². The fraction of sp³-hybridized carbons (Fsp3) is 0.214. The van der Waals surface area contributed by atoms with Gasteiger partial charge in [0.2, 0.25) is 0 Å². The summed E-state index contributed by atoms with van der Waals surface area (Å²) in [7, 11) is 0. The number of aliphatic carboxylic acids is 1. The lowest BCUT2D eigenvalue weighted by atomic mass is 10.2. The molecule has 0 bridgehead atoms. The van der Waals surface area contributed by atoms with Crippen molar-refractivity contribution in [3.05, 3.63) is 51.4 Å². The van der Waals surface area contributed by atoms with Crippen molar-refractivity contribution >= 4 is 35.0 Å². The topological polar surface area (TPSA) is 88.5 Å². The predicted octanol–water partition coefficient (Wildman–Crippen LogP) is 3.24. The monoisotopic (exact) mass is 340 g/mol. The summed E-state index contributed by atoms with van der Waals surface area (Å²) in [6.45, 7) is 0.100. The van der Waals surface area contributed by atoms with Gasteiger partial charge in [0.25, 0.3) is 0 Å². The number of carboxylic acids is 1. The van der Waals surface area contributed by atoms with Crippen LogP contribution in [0.4, 0.5) is 4.79 Å². The molecule has 0 aliphatic heterocycles. The Hall–Kier alpha value is -2.12. The number of benzene rings is 1. The first-order valence-electron chi connectivity index (χ1n) is 6.34. The SMILES string of the molecule is O=C(O)C[C@H](NC(=O)OCc1ccccc1)c1scnc1Cl. The third-order valence-corrected chi connectivity index (χ3v) is 4.10. The summed E-state index contributed by atoms with van der Waals surface area (Å²) >= 11 is 7.07. The number of alkyl carbamates (subject to hydrolysis) is 1. The highest BCUT2D eigenvalue weighted by molar-refractivity contribution is 7.10. The zero-order chi connectivity index (χ0) is 15.9. The van der Waals surface area contributed by atoms with E-state index in [0.717, 1.165) is 5.56 Å². The number of amides is 1. The third-order valence-electron chi connectivity index (χ3n) is 2.75. The largest absolute Gasteiger partial charge is 0.481 e. The van der Waals surface area contributed by atoms with Crippen LogP contribution in [-0.4, -0.2) is 22.2 Å². The van der Waals surface area contributed by atoms with Crippen LogP contribution in [-0.2, 0) is 16.1 Å². The molecule has 0 radical (unpaired) electrons. The molecule has 2 N–H and O–H groups in total. The van der Waals surface area contributed by atoms with Crippen molar-refractivity contribution in [2.75, 3.05) is 0 Å². The maximum Gasteiger partial charge on any atom is 0.407 e. The Balaban J connectivity index is 1.96. The molecule has 0 saturated carbocycles. The van der Waals surface area contributed by atoms with Crippen molar-refractivity contribution in [1.82, 2.24) is 10.3 Å². The highest BCUT2D eigenvalue weighted by Crippen LogP contribution is 2.28. The summed E-state index contributed by atoms with van der Waals surface area (Å²) in [5.74, 6) is -1.06. The van der Waals surface area contributed by atoms with E-state index in [0.29, 0.717) is 4.88 Å². The number of nitrogens with zero attached hydrogens (tertiary/aromatic N) is 1. The van der Waals surface area contributed by atoms with Gasteiger partial charge in [-0.1, -0.05) is 41.9 Å². The molecule has 1 amide bonds.